The zero-order valence-electron chi connectivity index (χ0n) is 12.7. The summed E-state index contributed by atoms with van der Waals surface area (Å²) in [5.74, 6) is 0. The summed E-state index contributed by atoms with van der Waals surface area (Å²) in [6.45, 7) is 2.54. The van der Waals surface area contributed by atoms with Gasteiger partial charge in [-0.3, -0.25) is 9.67 Å². The molecular weight excluding hydrogens is 266 g/mol. The number of aryl methyl sites for hydroxylation is 1. The second-order valence-electron chi connectivity index (χ2n) is 5.00. The van der Waals surface area contributed by atoms with E-state index in [1.807, 2.05) is 32.4 Å². The van der Waals surface area contributed by atoms with Gasteiger partial charge in [0.25, 0.3) is 0 Å². The van der Waals surface area contributed by atoms with Crippen molar-refractivity contribution >= 4 is 6.03 Å². The summed E-state index contributed by atoms with van der Waals surface area (Å²) in [5, 5.41) is 7.00. The summed E-state index contributed by atoms with van der Waals surface area (Å²) >= 11 is 0. The number of carbonyl (C=O) groups excluding carboxylic acids is 1. The van der Waals surface area contributed by atoms with E-state index in [4.69, 9.17) is 0 Å². The van der Waals surface area contributed by atoms with Crippen LogP contribution in [0.25, 0.3) is 0 Å². The predicted octanol–water partition coefficient (Wildman–Crippen LogP) is 2.11. The van der Waals surface area contributed by atoms with Gasteiger partial charge in [0.1, 0.15) is 0 Å². The number of hydrogen-bond donors (Lipinski definition) is 1. The summed E-state index contributed by atoms with van der Waals surface area (Å²) in [6.07, 6.45) is 7.99. The van der Waals surface area contributed by atoms with Crippen LogP contribution in [0.2, 0.25) is 0 Å². The Morgan fingerprint density at radius 3 is 2.71 bits per heavy atom. The van der Waals surface area contributed by atoms with Crippen molar-refractivity contribution in [3.63, 3.8) is 0 Å². The largest absolute Gasteiger partial charge is 0.334 e. The monoisotopic (exact) mass is 287 g/mol. The molecule has 0 aromatic carbocycles. The lowest BCUT2D eigenvalue weighted by atomic mass is 10.1. The van der Waals surface area contributed by atoms with Crippen molar-refractivity contribution in [1.29, 1.82) is 0 Å². The number of pyridine rings is 1. The number of aromatic nitrogens is 3. The van der Waals surface area contributed by atoms with Gasteiger partial charge in [-0.15, -0.1) is 0 Å². The molecule has 0 bridgehead atoms. The minimum absolute atomic E-state index is 0.0434. The molecule has 0 aliphatic rings. The highest BCUT2D eigenvalue weighted by Crippen LogP contribution is 2.22. The van der Waals surface area contributed by atoms with E-state index in [0.717, 1.165) is 17.5 Å². The molecule has 0 saturated carbocycles. The van der Waals surface area contributed by atoms with Gasteiger partial charge >= 0.3 is 6.03 Å². The van der Waals surface area contributed by atoms with Crippen LogP contribution in [0.1, 0.15) is 30.5 Å². The molecule has 0 saturated heterocycles. The molecule has 2 aromatic rings. The van der Waals surface area contributed by atoms with E-state index in [9.17, 15) is 4.79 Å². The minimum Gasteiger partial charge on any atom is -0.334 e. The number of urea groups is 1. The molecule has 2 aromatic heterocycles. The first kappa shape index (κ1) is 15.0. The maximum Gasteiger partial charge on any atom is 0.317 e. The first-order valence-corrected chi connectivity index (χ1v) is 7.00. The molecule has 0 fully saturated rings. The number of rotatable bonds is 5. The van der Waals surface area contributed by atoms with Crippen molar-refractivity contribution in [1.82, 2.24) is 25.0 Å². The minimum atomic E-state index is -0.0949. The number of amides is 2. The summed E-state index contributed by atoms with van der Waals surface area (Å²) in [6, 6.07) is 3.84. The van der Waals surface area contributed by atoms with E-state index < -0.39 is 0 Å². The van der Waals surface area contributed by atoms with E-state index >= 15 is 0 Å². The third-order valence-corrected chi connectivity index (χ3v) is 3.47. The number of nitrogens with zero attached hydrogens (tertiary/aromatic N) is 4. The normalized spacial score (nSPS) is 12.0. The predicted molar refractivity (Wildman–Crippen MR) is 80.5 cm³/mol. The van der Waals surface area contributed by atoms with Crippen LogP contribution in [0, 0.1) is 0 Å². The fraction of sp³-hybridized carbons (Fsp3) is 0.400. The van der Waals surface area contributed by atoms with E-state index in [-0.39, 0.29) is 12.1 Å². The fourth-order valence-corrected chi connectivity index (χ4v) is 2.33. The molecule has 0 aliphatic heterocycles. The van der Waals surface area contributed by atoms with Gasteiger partial charge in [-0.2, -0.15) is 5.10 Å². The molecule has 21 heavy (non-hydrogen) atoms. The molecule has 112 valence electrons. The van der Waals surface area contributed by atoms with Crippen molar-refractivity contribution in [2.45, 2.75) is 25.9 Å². The van der Waals surface area contributed by atoms with Crippen LogP contribution in [0.3, 0.4) is 0 Å². The number of nitrogens with one attached hydrogen (secondary N) is 1. The maximum atomic E-state index is 12.3. The highest BCUT2D eigenvalue weighted by molar-refractivity contribution is 5.74. The highest BCUT2D eigenvalue weighted by Gasteiger charge is 2.19. The van der Waals surface area contributed by atoms with Gasteiger partial charge in [-0.25, -0.2) is 4.79 Å². The molecule has 2 heterocycles. The molecule has 0 aliphatic carbocycles. The van der Waals surface area contributed by atoms with Crippen LogP contribution < -0.4 is 5.32 Å². The van der Waals surface area contributed by atoms with Gasteiger partial charge < -0.3 is 10.2 Å². The Balaban J connectivity index is 1.97. The van der Waals surface area contributed by atoms with Crippen molar-refractivity contribution in [3.8, 4) is 0 Å². The molecule has 6 nitrogen and oxygen atoms in total. The lowest BCUT2D eigenvalue weighted by Crippen LogP contribution is -2.39. The van der Waals surface area contributed by atoms with Crippen molar-refractivity contribution in [2.24, 2.45) is 7.05 Å². The number of hydrogen-bond acceptors (Lipinski definition) is 3. The zero-order valence-corrected chi connectivity index (χ0v) is 12.7. The first-order chi connectivity index (χ1) is 10.1. The van der Waals surface area contributed by atoms with Gasteiger partial charge in [0.05, 0.1) is 12.2 Å². The third kappa shape index (κ3) is 3.81. The third-order valence-electron chi connectivity index (χ3n) is 3.47. The quantitative estimate of drug-likeness (QED) is 0.916. The second-order valence-corrected chi connectivity index (χ2v) is 5.00. The molecule has 1 N–H and O–H groups in total. The summed E-state index contributed by atoms with van der Waals surface area (Å²) in [5.41, 5.74) is 2.07. The smallest absolute Gasteiger partial charge is 0.317 e. The Morgan fingerprint density at radius 2 is 2.14 bits per heavy atom. The Morgan fingerprint density at radius 1 is 1.43 bits per heavy atom. The Hall–Kier alpha value is -2.37. The molecule has 0 spiro atoms. The average Bonchev–Trinajstić information content (AvgIpc) is 2.92. The van der Waals surface area contributed by atoms with Gasteiger partial charge in [-0.05, 0) is 24.1 Å². The molecule has 0 radical (unpaired) electrons. The summed E-state index contributed by atoms with van der Waals surface area (Å²) < 4.78 is 1.72. The molecule has 2 rings (SSSR count). The topological polar surface area (TPSA) is 63.1 Å². The number of carbonyl (C=O) groups is 1. The standard InChI is InChI=1S/C15H21N5O/c1-4-14(13-5-7-16-8-6-13)20(3)15(21)17-9-12-10-18-19(2)11-12/h5-8,10-11,14H,4,9H2,1-3H3,(H,17,21)/t14-/m0/s1. The van der Waals surface area contributed by atoms with Crippen LogP contribution in [0.4, 0.5) is 4.79 Å². The zero-order chi connectivity index (χ0) is 15.2. The van der Waals surface area contributed by atoms with Crippen LogP contribution in [0.5, 0.6) is 0 Å². The molecule has 2 amide bonds. The van der Waals surface area contributed by atoms with Gasteiger partial charge in [0.15, 0.2) is 0 Å². The Kier molecular flexibility index (Phi) is 4.92. The van der Waals surface area contributed by atoms with Crippen LogP contribution in [-0.2, 0) is 13.6 Å². The molecule has 0 unspecified atom stereocenters. The Labute approximate surface area is 124 Å². The van der Waals surface area contributed by atoms with E-state index in [1.54, 1.807) is 28.2 Å². The lowest BCUT2D eigenvalue weighted by Gasteiger charge is -2.27. The van der Waals surface area contributed by atoms with Gasteiger partial charge in [0.2, 0.25) is 0 Å². The van der Waals surface area contributed by atoms with Crippen LogP contribution in [0.15, 0.2) is 36.9 Å². The van der Waals surface area contributed by atoms with Crippen LogP contribution >= 0.6 is 0 Å². The van der Waals surface area contributed by atoms with E-state index in [2.05, 4.69) is 22.3 Å². The van der Waals surface area contributed by atoms with Gasteiger partial charge in [0, 0.05) is 44.8 Å². The molecule has 1 atom stereocenters. The van der Waals surface area contributed by atoms with E-state index in [1.165, 1.54) is 0 Å². The SMILES string of the molecule is CC[C@@H](c1ccncc1)N(C)C(=O)NCc1cnn(C)c1. The molecular formula is C15H21N5O. The van der Waals surface area contributed by atoms with Gasteiger partial charge in [-0.1, -0.05) is 6.92 Å². The summed E-state index contributed by atoms with van der Waals surface area (Å²) in [7, 11) is 3.67. The first-order valence-electron chi connectivity index (χ1n) is 7.00. The van der Waals surface area contributed by atoms with Crippen molar-refractivity contribution < 1.29 is 4.79 Å². The van der Waals surface area contributed by atoms with Crippen LogP contribution in [-0.4, -0.2) is 32.7 Å². The Bertz CT molecular complexity index is 581. The second kappa shape index (κ2) is 6.88. The van der Waals surface area contributed by atoms with Crippen molar-refractivity contribution in [3.05, 3.63) is 48.0 Å². The molecule has 6 heteroatoms. The van der Waals surface area contributed by atoms with Crippen molar-refractivity contribution in [2.75, 3.05) is 7.05 Å². The van der Waals surface area contributed by atoms with E-state index in [0.29, 0.717) is 6.54 Å². The highest BCUT2D eigenvalue weighted by atomic mass is 16.2. The maximum absolute atomic E-state index is 12.3. The fourth-order valence-electron chi connectivity index (χ4n) is 2.33. The summed E-state index contributed by atoms with van der Waals surface area (Å²) in [4.78, 5) is 18.0. The lowest BCUT2D eigenvalue weighted by molar-refractivity contribution is 0.188. The average molecular weight is 287 g/mol.